The fourth-order valence-electron chi connectivity index (χ4n) is 1.33. The Balaban J connectivity index is 2.08. The highest BCUT2D eigenvalue weighted by atomic mass is 31.1. The zero-order valence-corrected chi connectivity index (χ0v) is 9.52. The average molecular weight is 216 g/mol. The first-order valence-electron chi connectivity index (χ1n) is 4.88. The fourth-order valence-corrected chi connectivity index (χ4v) is 2.47. The molecule has 0 aromatic heterocycles. The predicted molar refractivity (Wildman–Crippen MR) is 66.0 cm³/mol. The molecular formula is C13H13OP. The minimum absolute atomic E-state index is 0.552. The van der Waals surface area contributed by atoms with Crippen LogP contribution in [0.3, 0.4) is 0 Å². The zero-order chi connectivity index (χ0) is 10.5. The maximum atomic E-state index is 5.87. The molecule has 0 heterocycles. The van der Waals surface area contributed by atoms with E-state index in [4.69, 9.17) is 4.52 Å². The lowest BCUT2D eigenvalue weighted by molar-refractivity contribution is 0.626. The van der Waals surface area contributed by atoms with Crippen molar-refractivity contribution in [3.05, 3.63) is 60.7 Å². The Morgan fingerprint density at radius 3 is 1.93 bits per heavy atom. The Morgan fingerprint density at radius 1 is 0.800 bits per heavy atom. The van der Waals surface area contributed by atoms with Gasteiger partial charge in [-0.3, -0.25) is 0 Å². The van der Waals surface area contributed by atoms with E-state index < -0.39 is 8.15 Å². The normalized spacial score (nSPS) is 12.1. The average Bonchev–Trinajstić information content (AvgIpc) is 2.31. The summed E-state index contributed by atoms with van der Waals surface area (Å²) in [5.41, 5.74) is 0. The molecule has 0 aliphatic heterocycles. The topological polar surface area (TPSA) is 9.23 Å². The quantitative estimate of drug-likeness (QED) is 0.714. The highest BCUT2D eigenvalue weighted by Crippen LogP contribution is 2.32. The van der Waals surface area contributed by atoms with Gasteiger partial charge in [0.05, 0.1) is 0 Å². The molecule has 0 saturated carbocycles. The minimum atomic E-state index is -0.552. The second kappa shape index (κ2) is 4.95. The van der Waals surface area contributed by atoms with Gasteiger partial charge in [0, 0.05) is 5.30 Å². The monoisotopic (exact) mass is 216 g/mol. The first-order valence-corrected chi connectivity index (χ1v) is 6.59. The van der Waals surface area contributed by atoms with Crippen molar-refractivity contribution in [1.29, 1.82) is 0 Å². The number of benzene rings is 2. The van der Waals surface area contributed by atoms with Gasteiger partial charge in [0.1, 0.15) is 13.9 Å². The molecule has 15 heavy (non-hydrogen) atoms. The highest BCUT2D eigenvalue weighted by Gasteiger charge is 2.05. The van der Waals surface area contributed by atoms with Gasteiger partial charge in [-0.25, -0.2) is 0 Å². The molecule has 0 aliphatic carbocycles. The van der Waals surface area contributed by atoms with Crippen molar-refractivity contribution >= 4 is 13.5 Å². The number of hydrogen-bond donors (Lipinski definition) is 0. The van der Waals surface area contributed by atoms with E-state index in [1.54, 1.807) is 0 Å². The van der Waals surface area contributed by atoms with E-state index in [0.29, 0.717) is 0 Å². The largest absolute Gasteiger partial charge is 0.470 e. The summed E-state index contributed by atoms with van der Waals surface area (Å²) in [6.45, 7) is 2.12. The van der Waals surface area contributed by atoms with Crippen LogP contribution in [-0.2, 0) is 0 Å². The molecule has 2 heteroatoms. The maximum Gasteiger partial charge on any atom is 0.123 e. The van der Waals surface area contributed by atoms with E-state index in [9.17, 15) is 0 Å². The highest BCUT2D eigenvalue weighted by molar-refractivity contribution is 7.60. The molecule has 0 saturated heterocycles. The second-order valence-electron chi connectivity index (χ2n) is 3.24. The summed E-state index contributed by atoms with van der Waals surface area (Å²) in [5, 5.41) is 1.26. The molecule has 1 nitrogen and oxygen atoms in total. The summed E-state index contributed by atoms with van der Waals surface area (Å²) in [5.74, 6) is 0.940. The molecule has 0 amide bonds. The first-order chi connectivity index (χ1) is 7.36. The SMILES string of the molecule is CP(Oc1ccccc1)c1ccccc1. The van der Waals surface area contributed by atoms with Gasteiger partial charge < -0.3 is 4.52 Å². The molecule has 0 bridgehead atoms. The molecule has 0 spiro atoms. The van der Waals surface area contributed by atoms with Crippen LogP contribution in [0.5, 0.6) is 5.75 Å². The molecule has 1 unspecified atom stereocenters. The summed E-state index contributed by atoms with van der Waals surface area (Å²) in [6.07, 6.45) is 0. The Bertz CT molecular complexity index is 399. The van der Waals surface area contributed by atoms with Crippen molar-refractivity contribution in [3.8, 4) is 5.75 Å². The van der Waals surface area contributed by atoms with Crippen LogP contribution >= 0.6 is 8.15 Å². The van der Waals surface area contributed by atoms with Crippen molar-refractivity contribution in [3.63, 3.8) is 0 Å². The lowest BCUT2D eigenvalue weighted by atomic mass is 10.3. The first kappa shape index (κ1) is 10.2. The molecule has 0 fully saturated rings. The summed E-state index contributed by atoms with van der Waals surface area (Å²) in [4.78, 5) is 0. The fraction of sp³-hybridized carbons (Fsp3) is 0.0769. The van der Waals surface area contributed by atoms with Gasteiger partial charge in [-0.1, -0.05) is 48.5 Å². The molecule has 0 radical (unpaired) electrons. The van der Waals surface area contributed by atoms with Crippen LogP contribution in [0.1, 0.15) is 0 Å². The van der Waals surface area contributed by atoms with Crippen LogP contribution < -0.4 is 9.83 Å². The van der Waals surface area contributed by atoms with Crippen LogP contribution in [-0.4, -0.2) is 6.66 Å². The third-order valence-electron chi connectivity index (χ3n) is 2.11. The van der Waals surface area contributed by atoms with Crippen molar-refractivity contribution < 1.29 is 4.52 Å². The standard InChI is InChI=1S/C13H13OP/c1-15(13-10-6-3-7-11-13)14-12-8-4-2-5-9-12/h2-11H,1H3. The lowest BCUT2D eigenvalue weighted by Gasteiger charge is -2.13. The second-order valence-corrected chi connectivity index (χ2v) is 4.93. The van der Waals surface area contributed by atoms with Gasteiger partial charge >= 0.3 is 0 Å². The predicted octanol–water partition coefficient (Wildman–Crippen LogP) is 3.42. The summed E-state index contributed by atoms with van der Waals surface area (Å²) < 4.78 is 5.87. The van der Waals surface area contributed by atoms with E-state index in [2.05, 4.69) is 18.8 Å². The van der Waals surface area contributed by atoms with Gasteiger partial charge in [-0.05, 0) is 18.8 Å². The van der Waals surface area contributed by atoms with E-state index in [0.717, 1.165) is 5.75 Å². The molecule has 76 valence electrons. The van der Waals surface area contributed by atoms with E-state index in [1.165, 1.54) is 5.30 Å². The van der Waals surface area contributed by atoms with Crippen LogP contribution in [0.15, 0.2) is 60.7 Å². The van der Waals surface area contributed by atoms with Crippen LogP contribution in [0.4, 0.5) is 0 Å². The Morgan fingerprint density at radius 2 is 1.33 bits per heavy atom. The maximum absolute atomic E-state index is 5.87. The molecule has 2 rings (SSSR count). The smallest absolute Gasteiger partial charge is 0.123 e. The Kier molecular flexibility index (Phi) is 3.37. The molecule has 2 aromatic rings. The van der Waals surface area contributed by atoms with Gasteiger partial charge in [-0.15, -0.1) is 0 Å². The van der Waals surface area contributed by atoms with Crippen LogP contribution in [0.2, 0.25) is 0 Å². The minimum Gasteiger partial charge on any atom is -0.470 e. The third kappa shape index (κ3) is 2.81. The van der Waals surface area contributed by atoms with E-state index >= 15 is 0 Å². The van der Waals surface area contributed by atoms with Crippen molar-refractivity contribution in [1.82, 2.24) is 0 Å². The molecule has 0 N–H and O–H groups in total. The van der Waals surface area contributed by atoms with E-state index in [1.807, 2.05) is 48.5 Å². The third-order valence-corrected chi connectivity index (χ3v) is 3.62. The Hall–Kier alpha value is -1.33. The molecule has 2 aromatic carbocycles. The van der Waals surface area contributed by atoms with Gasteiger partial charge in [0.15, 0.2) is 0 Å². The number of rotatable bonds is 3. The number of para-hydroxylation sites is 1. The zero-order valence-electron chi connectivity index (χ0n) is 8.63. The Labute approximate surface area is 91.6 Å². The summed E-state index contributed by atoms with van der Waals surface area (Å²) in [7, 11) is -0.552. The van der Waals surface area contributed by atoms with Gasteiger partial charge in [0.25, 0.3) is 0 Å². The lowest BCUT2D eigenvalue weighted by Crippen LogP contribution is -2.02. The molecule has 1 atom stereocenters. The summed E-state index contributed by atoms with van der Waals surface area (Å²) >= 11 is 0. The number of hydrogen-bond acceptors (Lipinski definition) is 1. The molecule has 0 aliphatic rings. The van der Waals surface area contributed by atoms with Gasteiger partial charge in [-0.2, -0.15) is 0 Å². The van der Waals surface area contributed by atoms with Crippen molar-refractivity contribution in [2.75, 3.05) is 6.66 Å². The summed E-state index contributed by atoms with van der Waals surface area (Å²) in [6, 6.07) is 20.3. The van der Waals surface area contributed by atoms with Gasteiger partial charge in [0.2, 0.25) is 0 Å². The van der Waals surface area contributed by atoms with E-state index in [-0.39, 0.29) is 0 Å². The van der Waals surface area contributed by atoms with Crippen molar-refractivity contribution in [2.45, 2.75) is 0 Å². The molecular weight excluding hydrogens is 203 g/mol. The van der Waals surface area contributed by atoms with Crippen LogP contribution in [0, 0.1) is 0 Å². The van der Waals surface area contributed by atoms with Crippen molar-refractivity contribution in [2.24, 2.45) is 0 Å². The van der Waals surface area contributed by atoms with Crippen LogP contribution in [0.25, 0.3) is 0 Å².